The SMILES string of the molecule is N#CCc1sc(-c2ccccc2F)nc1Br. The number of rotatable bonds is 2. The maximum absolute atomic E-state index is 13.5. The summed E-state index contributed by atoms with van der Waals surface area (Å²) in [4.78, 5) is 5.02. The van der Waals surface area contributed by atoms with Crippen LogP contribution in [0, 0.1) is 17.1 Å². The van der Waals surface area contributed by atoms with Crippen LogP contribution in [0.3, 0.4) is 0 Å². The van der Waals surface area contributed by atoms with Crippen LogP contribution in [0.4, 0.5) is 4.39 Å². The van der Waals surface area contributed by atoms with E-state index >= 15 is 0 Å². The summed E-state index contributed by atoms with van der Waals surface area (Å²) in [5.74, 6) is -0.299. The van der Waals surface area contributed by atoms with E-state index in [1.165, 1.54) is 17.4 Å². The quantitative estimate of drug-likeness (QED) is 0.846. The van der Waals surface area contributed by atoms with Crippen LogP contribution in [0.2, 0.25) is 0 Å². The lowest BCUT2D eigenvalue weighted by Gasteiger charge is -1.96. The maximum atomic E-state index is 13.5. The van der Waals surface area contributed by atoms with Crippen molar-refractivity contribution in [1.29, 1.82) is 5.26 Å². The summed E-state index contributed by atoms with van der Waals surface area (Å²) in [5, 5.41) is 9.21. The second kappa shape index (κ2) is 4.73. The topological polar surface area (TPSA) is 36.7 Å². The molecule has 0 fully saturated rings. The molecule has 80 valence electrons. The summed E-state index contributed by atoms with van der Waals surface area (Å²) in [6, 6.07) is 8.52. The number of nitriles is 1. The van der Waals surface area contributed by atoms with Crippen molar-refractivity contribution in [2.24, 2.45) is 0 Å². The standard InChI is InChI=1S/C11H6BrFN2S/c12-10-9(5-6-14)16-11(15-10)7-3-1-2-4-8(7)13/h1-4H,5H2. The molecule has 0 aliphatic heterocycles. The normalized spacial score (nSPS) is 10.1. The molecule has 0 radical (unpaired) electrons. The van der Waals surface area contributed by atoms with Crippen LogP contribution in [0.15, 0.2) is 28.9 Å². The van der Waals surface area contributed by atoms with Gasteiger partial charge in [0.15, 0.2) is 0 Å². The molecule has 0 atom stereocenters. The van der Waals surface area contributed by atoms with Crippen LogP contribution in [0.5, 0.6) is 0 Å². The number of halogens is 2. The number of thiazole rings is 1. The fourth-order valence-electron chi connectivity index (χ4n) is 1.26. The fraction of sp³-hybridized carbons (Fsp3) is 0.0909. The van der Waals surface area contributed by atoms with E-state index in [9.17, 15) is 4.39 Å². The molecule has 5 heteroatoms. The minimum Gasteiger partial charge on any atom is -0.229 e. The van der Waals surface area contributed by atoms with Gasteiger partial charge >= 0.3 is 0 Å². The van der Waals surface area contributed by atoms with Gasteiger partial charge in [-0.25, -0.2) is 9.37 Å². The second-order valence-electron chi connectivity index (χ2n) is 3.05. The van der Waals surface area contributed by atoms with E-state index in [2.05, 4.69) is 27.0 Å². The molecule has 1 heterocycles. The highest BCUT2D eigenvalue weighted by molar-refractivity contribution is 9.10. The Morgan fingerprint density at radius 3 is 2.88 bits per heavy atom. The zero-order valence-electron chi connectivity index (χ0n) is 8.08. The van der Waals surface area contributed by atoms with Crippen molar-refractivity contribution < 1.29 is 4.39 Å². The van der Waals surface area contributed by atoms with Crippen LogP contribution in [0.25, 0.3) is 10.6 Å². The monoisotopic (exact) mass is 296 g/mol. The second-order valence-corrected chi connectivity index (χ2v) is 4.88. The lowest BCUT2D eigenvalue weighted by atomic mass is 10.2. The average Bonchev–Trinajstić information content (AvgIpc) is 2.61. The van der Waals surface area contributed by atoms with Gasteiger partial charge in [0, 0.05) is 5.56 Å². The predicted molar refractivity (Wildman–Crippen MR) is 64.5 cm³/mol. The third-order valence-corrected chi connectivity index (χ3v) is 4.00. The minimum atomic E-state index is -0.299. The Hall–Kier alpha value is -1.25. The molecule has 0 amide bonds. The van der Waals surface area contributed by atoms with Gasteiger partial charge in [-0.15, -0.1) is 11.3 Å². The van der Waals surface area contributed by atoms with Crippen molar-refractivity contribution in [3.63, 3.8) is 0 Å². The van der Waals surface area contributed by atoms with Crippen LogP contribution in [0.1, 0.15) is 4.88 Å². The third-order valence-electron chi connectivity index (χ3n) is 1.99. The first-order chi connectivity index (χ1) is 7.72. The van der Waals surface area contributed by atoms with Crippen LogP contribution in [-0.2, 0) is 6.42 Å². The molecule has 0 saturated heterocycles. The highest BCUT2D eigenvalue weighted by atomic mass is 79.9. The van der Waals surface area contributed by atoms with Gasteiger partial charge in [0.05, 0.1) is 17.4 Å². The highest BCUT2D eigenvalue weighted by Crippen LogP contribution is 2.32. The molecule has 0 spiro atoms. The fourth-order valence-corrected chi connectivity index (χ4v) is 2.85. The smallest absolute Gasteiger partial charge is 0.133 e. The summed E-state index contributed by atoms with van der Waals surface area (Å²) >= 11 is 4.60. The van der Waals surface area contributed by atoms with Gasteiger partial charge in [-0.1, -0.05) is 12.1 Å². The summed E-state index contributed by atoms with van der Waals surface area (Å²) in [6.45, 7) is 0. The maximum Gasteiger partial charge on any atom is 0.133 e. The van der Waals surface area contributed by atoms with Gasteiger partial charge in [0.1, 0.15) is 15.4 Å². The number of nitrogens with zero attached hydrogens (tertiary/aromatic N) is 2. The Bertz CT molecular complexity index is 559. The molecule has 0 N–H and O–H groups in total. The third kappa shape index (κ3) is 2.13. The first kappa shape index (κ1) is 11.2. The first-order valence-electron chi connectivity index (χ1n) is 4.49. The first-order valence-corrected chi connectivity index (χ1v) is 6.10. The Kier molecular flexibility index (Phi) is 3.32. The molecule has 0 aliphatic carbocycles. The molecule has 2 rings (SSSR count). The van der Waals surface area contributed by atoms with Gasteiger partial charge in [0.25, 0.3) is 0 Å². The molecule has 0 unspecified atom stereocenters. The van der Waals surface area contributed by atoms with E-state index in [0.29, 0.717) is 15.2 Å². The zero-order valence-corrected chi connectivity index (χ0v) is 10.5. The number of aromatic nitrogens is 1. The molecule has 2 aromatic rings. The predicted octanol–water partition coefficient (Wildman–Crippen LogP) is 3.78. The molecular formula is C11H6BrFN2S. The molecule has 16 heavy (non-hydrogen) atoms. The summed E-state index contributed by atoms with van der Waals surface area (Å²) in [6.07, 6.45) is 0.284. The summed E-state index contributed by atoms with van der Waals surface area (Å²) < 4.78 is 14.1. The Balaban J connectivity index is 2.46. The molecule has 0 bridgehead atoms. The Morgan fingerprint density at radius 2 is 2.19 bits per heavy atom. The van der Waals surface area contributed by atoms with E-state index in [1.807, 2.05) is 0 Å². The lowest BCUT2D eigenvalue weighted by molar-refractivity contribution is 0.631. The lowest BCUT2D eigenvalue weighted by Crippen LogP contribution is -1.81. The van der Waals surface area contributed by atoms with Crippen molar-refractivity contribution in [3.8, 4) is 16.6 Å². The van der Waals surface area contributed by atoms with E-state index in [1.54, 1.807) is 18.2 Å². The molecule has 2 nitrogen and oxygen atoms in total. The number of benzene rings is 1. The summed E-state index contributed by atoms with van der Waals surface area (Å²) in [5.41, 5.74) is 0.470. The van der Waals surface area contributed by atoms with E-state index in [4.69, 9.17) is 5.26 Å². The number of hydrogen-bond donors (Lipinski definition) is 0. The van der Waals surface area contributed by atoms with Crippen LogP contribution in [-0.4, -0.2) is 4.98 Å². The Labute approximate surface area is 105 Å². The van der Waals surface area contributed by atoms with Crippen molar-refractivity contribution >= 4 is 27.3 Å². The van der Waals surface area contributed by atoms with Crippen molar-refractivity contribution in [2.45, 2.75) is 6.42 Å². The Morgan fingerprint density at radius 1 is 1.44 bits per heavy atom. The van der Waals surface area contributed by atoms with Crippen molar-refractivity contribution in [3.05, 3.63) is 39.6 Å². The van der Waals surface area contributed by atoms with Gasteiger partial charge in [-0.2, -0.15) is 5.26 Å². The van der Waals surface area contributed by atoms with Gasteiger partial charge < -0.3 is 0 Å². The zero-order chi connectivity index (χ0) is 11.5. The highest BCUT2D eigenvalue weighted by Gasteiger charge is 2.12. The molecule has 1 aromatic carbocycles. The molecular weight excluding hydrogens is 291 g/mol. The van der Waals surface area contributed by atoms with E-state index in [-0.39, 0.29) is 12.2 Å². The van der Waals surface area contributed by atoms with Crippen LogP contribution < -0.4 is 0 Å². The summed E-state index contributed by atoms with van der Waals surface area (Å²) in [7, 11) is 0. The van der Waals surface area contributed by atoms with E-state index in [0.717, 1.165) is 4.88 Å². The van der Waals surface area contributed by atoms with Crippen molar-refractivity contribution in [1.82, 2.24) is 4.98 Å². The molecule has 0 aliphatic rings. The van der Waals surface area contributed by atoms with Gasteiger partial charge in [-0.05, 0) is 28.1 Å². The van der Waals surface area contributed by atoms with E-state index < -0.39 is 0 Å². The number of hydrogen-bond acceptors (Lipinski definition) is 3. The minimum absolute atomic E-state index is 0.284. The average molecular weight is 297 g/mol. The van der Waals surface area contributed by atoms with Crippen LogP contribution >= 0.6 is 27.3 Å². The van der Waals surface area contributed by atoms with Crippen molar-refractivity contribution in [2.75, 3.05) is 0 Å². The largest absolute Gasteiger partial charge is 0.229 e. The van der Waals surface area contributed by atoms with Gasteiger partial charge in [-0.3, -0.25) is 0 Å². The molecule has 1 aromatic heterocycles. The molecule has 0 saturated carbocycles. The van der Waals surface area contributed by atoms with Gasteiger partial charge in [0.2, 0.25) is 0 Å².